The van der Waals surface area contributed by atoms with E-state index in [-0.39, 0.29) is 16.3 Å². The molecule has 0 heterocycles. The topological polar surface area (TPSA) is 72.5 Å². The number of halogens is 1. The fraction of sp³-hybridized carbons (Fsp3) is 0.182. The summed E-state index contributed by atoms with van der Waals surface area (Å²) in [5.74, 6) is -1.09. The molecule has 0 atom stereocenters. The molecule has 0 bridgehead atoms. The Morgan fingerprint density at radius 1 is 1.47 bits per heavy atom. The number of amides is 1. The van der Waals surface area contributed by atoms with Crippen molar-refractivity contribution in [3.05, 3.63) is 28.8 Å². The van der Waals surface area contributed by atoms with Crippen LogP contribution < -0.4 is 5.32 Å². The van der Waals surface area contributed by atoms with Gasteiger partial charge in [0.1, 0.15) is 0 Å². The SMILES string of the molecule is CC(=O)OCC(=O)Nc1cccc(Cl)c1C=O. The Morgan fingerprint density at radius 3 is 2.76 bits per heavy atom. The third-order valence-electron chi connectivity index (χ3n) is 1.85. The molecule has 0 fully saturated rings. The van der Waals surface area contributed by atoms with Crippen LogP contribution in [0.1, 0.15) is 17.3 Å². The number of aldehydes is 1. The quantitative estimate of drug-likeness (QED) is 0.656. The standard InChI is InChI=1S/C11H10ClNO4/c1-7(15)17-6-11(16)13-10-4-2-3-9(12)8(10)5-14/h2-5H,6H2,1H3,(H,13,16). The molecule has 0 aliphatic rings. The lowest BCUT2D eigenvalue weighted by Gasteiger charge is -2.08. The van der Waals surface area contributed by atoms with Gasteiger partial charge in [-0.15, -0.1) is 0 Å². The molecule has 1 N–H and O–H groups in total. The zero-order valence-corrected chi connectivity index (χ0v) is 9.78. The van der Waals surface area contributed by atoms with Crippen molar-refractivity contribution in [2.75, 3.05) is 11.9 Å². The molecular weight excluding hydrogens is 246 g/mol. The van der Waals surface area contributed by atoms with E-state index in [9.17, 15) is 14.4 Å². The van der Waals surface area contributed by atoms with E-state index in [2.05, 4.69) is 10.1 Å². The predicted molar refractivity (Wildman–Crippen MR) is 62.1 cm³/mol. The van der Waals surface area contributed by atoms with E-state index in [4.69, 9.17) is 11.6 Å². The number of nitrogens with one attached hydrogen (secondary N) is 1. The summed E-state index contributed by atoms with van der Waals surface area (Å²) in [7, 11) is 0. The van der Waals surface area contributed by atoms with Gasteiger partial charge in [0.2, 0.25) is 0 Å². The molecular formula is C11H10ClNO4. The Labute approximate surface area is 103 Å². The summed E-state index contributed by atoms with van der Waals surface area (Å²) in [6, 6.07) is 4.66. The van der Waals surface area contributed by atoms with E-state index in [0.29, 0.717) is 6.29 Å². The minimum Gasteiger partial charge on any atom is -0.456 e. The zero-order chi connectivity index (χ0) is 12.8. The van der Waals surface area contributed by atoms with Gasteiger partial charge < -0.3 is 10.1 Å². The van der Waals surface area contributed by atoms with Crippen molar-refractivity contribution >= 4 is 35.5 Å². The molecule has 0 radical (unpaired) electrons. The third-order valence-corrected chi connectivity index (χ3v) is 2.18. The molecule has 1 aromatic rings. The lowest BCUT2D eigenvalue weighted by molar-refractivity contribution is -0.144. The van der Waals surface area contributed by atoms with Crippen LogP contribution in [0.3, 0.4) is 0 Å². The van der Waals surface area contributed by atoms with Crippen molar-refractivity contribution in [3.63, 3.8) is 0 Å². The van der Waals surface area contributed by atoms with Gasteiger partial charge in [0, 0.05) is 6.92 Å². The Bertz CT molecular complexity index is 459. The first-order chi connectivity index (χ1) is 8.04. The number of esters is 1. The van der Waals surface area contributed by atoms with Gasteiger partial charge in [0.05, 0.1) is 16.3 Å². The van der Waals surface area contributed by atoms with Crippen LogP contribution in [0.5, 0.6) is 0 Å². The van der Waals surface area contributed by atoms with Crippen molar-refractivity contribution in [3.8, 4) is 0 Å². The Kier molecular flexibility index (Phi) is 4.66. The summed E-state index contributed by atoms with van der Waals surface area (Å²) in [5, 5.41) is 2.67. The van der Waals surface area contributed by atoms with Crippen molar-refractivity contribution < 1.29 is 19.1 Å². The average Bonchev–Trinajstić information content (AvgIpc) is 2.27. The largest absolute Gasteiger partial charge is 0.456 e. The van der Waals surface area contributed by atoms with Gasteiger partial charge in [-0.1, -0.05) is 17.7 Å². The molecule has 5 nitrogen and oxygen atoms in total. The molecule has 1 rings (SSSR count). The van der Waals surface area contributed by atoms with Gasteiger partial charge in [0.25, 0.3) is 5.91 Å². The van der Waals surface area contributed by atoms with Crippen LogP contribution in [0.4, 0.5) is 5.69 Å². The highest BCUT2D eigenvalue weighted by atomic mass is 35.5. The van der Waals surface area contributed by atoms with Crippen LogP contribution in [-0.2, 0) is 14.3 Å². The summed E-state index contributed by atoms with van der Waals surface area (Å²) < 4.78 is 4.51. The molecule has 6 heteroatoms. The monoisotopic (exact) mass is 255 g/mol. The molecule has 1 amide bonds. The maximum absolute atomic E-state index is 11.3. The van der Waals surface area contributed by atoms with Gasteiger partial charge in [-0.05, 0) is 12.1 Å². The number of anilines is 1. The molecule has 0 aliphatic heterocycles. The molecule has 0 unspecified atom stereocenters. The molecule has 90 valence electrons. The minimum absolute atomic E-state index is 0.186. The molecule has 0 saturated carbocycles. The Hall–Kier alpha value is -1.88. The zero-order valence-electron chi connectivity index (χ0n) is 9.03. The molecule has 0 aromatic heterocycles. The summed E-state index contributed by atoms with van der Waals surface area (Å²) in [5.41, 5.74) is 0.468. The summed E-state index contributed by atoms with van der Waals surface area (Å²) in [6.45, 7) is 0.795. The van der Waals surface area contributed by atoms with E-state index in [1.165, 1.54) is 19.1 Å². The lowest BCUT2D eigenvalue weighted by Crippen LogP contribution is -2.20. The second-order valence-corrected chi connectivity index (χ2v) is 3.55. The molecule has 17 heavy (non-hydrogen) atoms. The normalized spacial score (nSPS) is 9.53. The molecule has 0 aliphatic carbocycles. The van der Waals surface area contributed by atoms with Crippen molar-refractivity contribution in [2.45, 2.75) is 6.92 Å². The van der Waals surface area contributed by atoms with Crippen LogP contribution in [0.15, 0.2) is 18.2 Å². The fourth-order valence-corrected chi connectivity index (χ4v) is 1.34. The van der Waals surface area contributed by atoms with Gasteiger partial charge in [-0.25, -0.2) is 0 Å². The minimum atomic E-state index is -0.554. The van der Waals surface area contributed by atoms with Gasteiger partial charge >= 0.3 is 5.97 Å². The maximum atomic E-state index is 11.3. The van der Waals surface area contributed by atoms with E-state index in [1.807, 2.05) is 0 Å². The van der Waals surface area contributed by atoms with Crippen LogP contribution >= 0.6 is 11.6 Å². The smallest absolute Gasteiger partial charge is 0.303 e. The predicted octanol–water partition coefficient (Wildman–Crippen LogP) is 1.65. The average molecular weight is 256 g/mol. The van der Waals surface area contributed by atoms with E-state index < -0.39 is 18.5 Å². The first-order valence-corrected chi connectivity index (χ1v) is 5.09. The van der Waals surface area contributed by atoms with Gasteiger partial charge in [0.15, 0.2) is 12.9 Å². The van der Waals surface area contributed by atoms with Crippen molar-refractivity contribution in [1.82, 2.24) is 0 Å². The van der Waals surface area contributed by atoms with E-state index >= 15 is 0 Å². The van der Waals surface area contributed by atoms with Crippen molar-refractivity contribution in [1.29, 1.82) is 0 Å². The van der Waals surface area contributed by atoms with Crippen molar-refractivity contribution in [2.24, 2.45) is 0 Å². The summed E-state index contributed by atoms with van der Waals surface area (Å²) >= 11 is 5.77. The molecule has 0 spiro atoms. The second kappa shape index (κ2) is 6.00. The van der Waals surface area contributed by atoms with Crippen LogP contribution in [0.25, 0.3) is 0 Å². The van der Waals surface area contributed by atoms with E-state index in [1.54, 1.807) is 6.07 Å². The number of benzene rings is 1. The number of rotatable bonds is 4. The first-order valence-electron chi connectivity index (χ1n) is 4.71. The number of hydrogen-bond donors (Lipinski definition) is 1. The second-order valence-electron chi connectivity index (χ2n) is 3.15. The maximum Gasteiger partial charge on any atom is 0.303 e. The van der Waals surface area contributed by atoms with Gasteiger partial charge in [-0.3, -0.25) is 14.4 Å². The third kappa shape index (κ3) is 3.88. The Morgan fingerprint density at radius 2 is 2.18 bits per heavy atom. The van der Waals surface area contributed by atoms with Crippen LogP contribution in [-0.4, -0.2) is 24.8 Å². The molecule has 0 saturated heterocycles. The lowest BCUT2D eigenvalue weighted by atomic mass is 10.2. The first kappa shape index (κ1) is 13.2. The van der Waals surface area contributed by atoms with Gasteiger partial charge in [-0.2, -0.15) is 0 Å². The number of carbonyl (C=O) groups excluding carboxylic acids is 3. The van der Waals surface area contributed by atoms with E-state index in [0.717, 1.165) is 0 Å². The highest BCUT2D eigenvalue weighted by molar-refractivity contribution is 6.33. The van der Waals surface area contributed by atoms with Crippen LogP contribution in [0, 0.1) is 0 Å². The fourth-order valence-electron chi connectivity index (χ4n) is 1.12. The van der Waals surface area contributed by atoms with Crippen LogP contribution in [0.2, 0.25) is 5.02 Å². The molecule has 1 aromatic carbocycles. The Balaban J connectivity index is 2.74. The summed E-state index contributed by atoms with van der Waals surface area (Å²) in [6.07, 6.45) is 0.545. The number of carbonyl (C=O) groups is 3. The number of ether oxygens (including phenoxy) is 1. The summed E-state index contributed by atoms with van der Waals surface area (Å²) in [4.78, 5) is 32.6. The highest BCUT2D eigenvalue weighted by Crippen LogP contribution is 2.22. The highest BCUT2D eigenvalue weighted by Gasteiger charge is 2.10. The number of hydrogen-bond acceptors (Lipinski definition) is 4.